The molecule has 0 bridgehead atoms. The highest BCUT2D eigenvalue weighted by molar-refractivity contribution is 5.74. The number of carbonyl (C=O) groups excluding carboxylic acids is 1. The van der Waals surface area contributed by atoms with E-state index >= 15 is 0 Å². The minimum atomic E-state index is -0.759. The van der Waals surface area contributed by atoms with Gasteiger partial charge >= 0.3 is 12.0 Å². The molecule has 5 heteroatoms. The summed E-state index contributed by atoms with van der Waals surface area (Å²) in [4.78, 5) is 22.5. The third kappa shape index (κ3) is 8.02. The van der Waals surface area contributed by atoms with E-state index in [0.717, 1.165) is 19.3 Å². The molecule has 0 aromatic rings. The van der Waals surface area contributed by atoms with Gasteiger partial charge in [0.25, 0.3) is 0 Å². The van der Waals surface area contributed by atoms with Gasteiger partial charge in [-0.25, -0.2) is 4.79 Å². The summed E-state index contributed by atoms with van der Waals surface area (Å²) in [5.74, 6) is -0.625. The number of rotatable bonds is 9. The third-order valence-corrected chi connectivity index (χ3v) is 3.93. The molecule has 3 N–H and O–H groups in total. The van der Waals surface area contributed by atoms with Gasteiger partial charge < -0.3 is 15.7 Å². The first kappa shape index (κ1) is 18.7. The highest BCUT2D eigenvalue weighted by atomic mass is 16.4. The van der Waals surface area contributed by atoms with Crippen molar-refractivity contribution in [2.75, 3.05) is 0 Å². The van der Waals surface area contributed by atoms with Crippen LogP contribution in [-0.4, -0.2) is 29.2 Å². The van der Waals surface area contributed by atoms with Gasteiger partial charge in [0.1, 0.15) is 0 Å². The molecule has 4 unspecified atom stereocenters. The Hall–Kier alpha value is -1.26. The van der Waals surface area contributed by atoms with E-state index in [1.165, 1.54) is 0 Å². The lowest BCUT2D eigenvalue weighted by Crippen LogP contribution is -2.46. The lowest BCUT2D eigenvalue weighted by atomic mass is 10.0. The standard InChI is InChI=1S/C15H30N2O3/c1-6-10(2)13(5)17-15(20)16-12(4)9-7-8-11(3)14(18)19/h10-13H,6-9H2,1-5H3,(H,18,19)(H2,16,17,20). The van der Waals surface area contributed by atoms with Gasteiger partial charge in [0.2, 0.25) is 0 Å². The number of aliphatic carboxylic acids is 1. The fraction of sp³-hybridized carbons (Fsp3) is 0.867. The van der Waals surface area contributed by atoms with E-state index in [-0.39, 0.29) is 24.0 Å². The van der Waals surface area contributed by atoms with Crippen LogP contribution in [-0.2, 0) is 4.79 Å². The van der Waals surface area contributed by atoms with Crippen molar-refractivity contribution in [3.05, 3.63) is 0 Å². The molecular formula is C15H30N2O3. The first-order chi connectivity index (χ1) is 9.27. The number of amides is 2. The van der Waals surface area contributed by atoms with Crippen LogP contribution in [0.5, 0.6) is 0 Å². The summed E-state index contributed by atoms with van der Waals surface area (Å²) in [6, 6.07) is 0.0657. The maximum absolute atomic E-state index is 11.8. The quantitative estimate of drug-likeness (QED) is 0.609. The summed E-state index contributed by atoms with van der Waals surface area (Å²) in [7, 11) is 0. The Kier molecular flexibility index (Phi) is 9.01. The molecule has 0 heterocycles. The third-order valence-electron chi connectivity index (χ3n) is 3.93. The average molecular weight is 286 g/mol. The van der Waals surface area contributed by atoms with E-state index in [9.17, 15) is 9.59 Å². The molecule has 4 atom stereocenters. The summed E-state index contributed by atoms with van der Waals surface area (Å²) in [5.41, 5.74) is 0. The second-order valence-electron chi connectivity index (χ2n) is 5.86. The normalized spacial score (nSPS) is 16.9. The predicted molar refractivity (Wildman–Crippen MR) is 80.7 cm³/mol. The molecule has 20 heavy (non-hydrogen) atoms. The lowest BCUT2D eigenvalue weighted by molar-refractivity contribution is -0.141. The van der Waals surface area contributed by atoms with Crippen LogP contribution in [0.1, 0.15) is 60.3 Å². The van der Waals surface area contributed by atoms with Gasteiger partial charge in [0, 0.05) is 12.1 Å². The number of hydrogen-bond donors (Lipinski definition) is 3. The summed E-state index contributed by atoms with van der Waals surface area (Å²) < 4.78 is 0. The van der Waals surface area contributed by atoms with Gasteiger partial charge in [0.05, 0.1) is 5.92 Å². The predicted octanol–water partition coefficient (Wildman–Crippen LogP) is 3.00. The first-order valence-corrected chi connectivity index (χ1v) is 7.57. The number of hydrogen-bond acceptors (Lipinski definition) is 2. The van der Waals surface area contributed by atoms with Crippen molar-refractivity contribution in [3.8, 4) is 0 Å². The summed E-state index contributed by atoms with van der Waals surface area (Å²) in [6.07, 6.45) is 3.27. The highest BCUT2D eigenvalue weighted by Crippen LogP contribution is 2.10. The molecule has 0 rings (SSSR count). The zero-order valence-electron chi connectivity index (χ0n) is 13.4. The fourth-order valence-electron chi connectivity index (χ4n) is 1.89. The maximum atomic E-state index is 11.8. The molecule has 0 aromatic carbocycles. The smallest absolute Gasteiger partial charge is 0.315 e. The largest absolute Gasteiger partial charge is 0.481 e. The Morgan fingerprint density at radius 1 is 1.05 bits per heavy atom. The molecule has 5 nitrogen and oxygen atoms in total. The molecule has 118 valence electrons. The van der Waals surface area contributed by atoms with Crippen LogP contribution in [0.4, 0.5) is 4.79 Å². The number of carboxylic acid groups (broad SMARTS) is 1. The van der Waals surface area contributed by atoms with Gasteiger partial charge in [-0.1, -0.05) is 33.6 Å². The second kappa shape index (κ2) is 9.61. The van der Waals surface area contributed by atoms with Crippen molar-refractivity contribution in [1.82, 2.24) is 10.6 Å². The Morgan fingerprint density at radius 3 is 2.15 bits per heavy atom. The van der Waals surface area contributed by atoms with E-state index in [2.05, 4.69) is 24.5 Å². The van der Waals surface area contributed by atoms with Gasteiger partial charge in [-0.15, -0.1) is 0 Å². The van der Waals surface area contributed by atoms with Crippen LogP contribution in [0.3, 0.4) is 0 Å². The molecule has 0 aliphatic rings. The SMILES string of the molecule is CCC(C)C(C)NC(=O)NC(C)CCCC(C)C(=O)O. The maximum Gasteiger partial charge on any atom is 0.315 e. The molecule has 0 radical (unpaired) electrons. The van der Waals surface area contributed by atoms with E-state index in [0.29, 0.717) is 12.3 Å². The monoisotopic (exact) mass is 286 g/mol. The van der Waals surface area contributed by atoms with Crippen LogP contribution in [0.15, 0.2) is 0 Å². The van der Waals surface area contributed by atoms with Gasteiger partial charge in [-0.05, 0) is 32.6 Å². The average Bonchev–Trinajstić information content (AvgIpc) is 2.36. The van der Waals surface area contributed by atoms with Crippen molar-refractivity contribution < 1.29 is 14.7 Å². The molecule has 0 fully saturated rings. The van der Waals surface area contributed by atoms with Crippen molar-refractivity contribution in [3.63, 3.8) is 0 Å². The van der Waals surface area contributed by atoms with Gasteiger partial charge in [-0.3, -0.25) is 4.79 Å². The second-order valence-corrected chi connectivity index (χ2v) is 5.86. The number of urea groups is 1. The zero-order valence-corrected chi connectivity index (χ0v) is 13.4. The molecule has 2 amide bonds. The Morgan fingerprint density at radius 2 is 1.65 bits per heavy atom. The molecule has 0 saturated carbocycles. The Balaban J connectivity index is 3.88. The van der Waals surface area contributed by atoms with Crippen LogP contribution in [0.2, 0.25) is 0 Å². The fourth-order valence-corrected chi connectivity index (χ4v) is 1.89. The Labute approximate surface area is 122 Å². The minimum absolute atomic E-state index is 0.0557. The van der Waals surface area contributed by atoms with E-state index < -0.39 is 5.97 Å². The Bertz CT molecular complexity index is 307. The van der Waals surface area contributed by atoms with Crippen LogP contribution >= 0.6 is 0 Å². The molecule has 0 aliphatic carbocycles. The number of nitrogens with one attached hydrogen (secondary N) is 2. The molecular weight excluding hydrogens is 256 g/mol. The lowest BCUT2D eigenvalue weighted by Gasteiger charge is -2.22. The first-order valence-electron chi connectivity index (χ1n) is 7.57. The van der Waals surface area contributed by atoms with Crippen LogP contribution in [0.25, 0.3) is 0 Å². The molecule has 0 spiro atoms. The molecule has 0 aliphatic heterocycles. The number of carboxylic acids is 1. The summed E-state index contributed by atoms with van der Waals surface area (Å²) in [6.45, 7) is 9.88. The van der Waals surface area contributed by atoms with Crippen LogP contribution in [0, 0.1) is 11.8 Å². The van der Waals surface area contributed by atoms with Gasteiger partial charge in [0.15, 0.2) is 0 Å². The highest BCUT2D eigenvalue weighted by Gasteiger charge is 2.15. The van der Waals surface area contributed by atoms with Crippen molar-refractivity contribution in [2.24, 2.45) is 11.8 Å². The van der Waals surface area contributed by atoms with E-state index in [1.807, 2.05) is 13.8 Å². The van der Waals surface area contributed by atoms with E-state index in [1.54, 1.807) is 6.92 Å². The van der Waals surface area contributed by atoms with Crippen molar-refractivity contribution in [1.29, 1.82) is 0 Å². The topological polar surface area (TPSA) is 78.4 Å². The zero-order chi connectivity index (χ0) is 15.7. The van der Waals surface area contributed by atoms with Gasteiger partial charge in [-0.2, -0.15) is 0 Å². The van der Waals surface area contributed by atoms with Crippen LogP contribution < -0.4 is 10.6 Å². The molecule has 0 saturated heterocycles. The molecule has 0 aromatic heterocycles. The minimum Gasteiger partial charge on any atom is -0.481 e. The summed E-state index contributed by atoms with van der Waals surface area (Å²) >= 11 is 0. The van der Waals surface area contributed by atoms with E-state index in [4.69, 9.17) is 5.11 Å². The summed E-state index contributed by atoms with van der Waals surface area (Å²) in [5, 5.41) is 14.6. The number of carbonyl (C=O) groups is 2. The van der Waals surface area contributed by atoms with Crippen molar-refractivity contribution >= 4 is 12.0 Å². The van der Waals surface area contributed by atoms with Crippen molar-refractivity contribution in [2.45, 2.75) is 72.4 Å².